The van der Waals surface area contributed by atoms with Gasteiger partial charge in [-0.15, -0.1) is 0 Å². The van der Waals surface area contributed by atoms with Crippen molar-refractivity contribution in [1.29, 1.82) is 0 Å². The molecule has 0 heterocycles. The average Bonchev–Trinajstić information content (AvgIpc) is 2.67. The van der Waals surface area contributed by atoms with Crippen molar-refractivity contribution in [3.63, 3.8) is 0 Å². The van der Waals surface area contributed by atoms with E-state index in [1.165, 1.54) is 18.2 Å². The van der Waals surface area contributed by atoms with Gasteiger partial charge < -0.3 is 9.84 Å². The number of non-ortho nitro benzene ring substituents is 1. The molecule has 1 aliphatic carbocycles. The first-order valence-electron chi connectivity index (χ1n) is 5.36. The van der Waals surface area contributed by atoms with Crippen molar-refractivity contribution in [2.75, 3.05) is 0 Å². The highest BCUT2D eigenvalue weighted by Gasteiger charge is 2.28. The third kappa shape index (κ3) is 2.68. The van der Waals surface area contributed by atoms with Crippen LogP contribution in [-0.4, -0.2) is 22.2 Å². The van der Waals surface area contributed by atoms with Crippen LogP contribution in [0.15, 0.2) is 18.2 Å². The quantitative estimate of drug-likeness (QED) is 0.667. The number of nitrogens with zero attached hydrogens (tertiary/aromatic N) is 1. The number of hydrogen-bond acceptors (Lipinski definition) is 4. The van der Waals surface area contributed by atoms with E-state index in [9.17, 15) is 15.2 Å². The topological polar surface area (TPSA) is 72.6 Å². The van der Waals surface area contributed by atoms with Gasteiger partial charge in [-0.1, -0.05) is 11.6 Å². The molecule has 0 radical (unpaired) electrons. The Balaban J connectivity index is 2.19. The van der Waals surface area contributed by atoms with Gasteiger partial charge in [0.05, 0.1) is 22.1 Å². The summed E-state index contributed by atoms with van der Waals surface area (Å²) in [6, 6.07) is 4.03. The van der Waals surface area contributed by atoms with Crippen LogP contribution in [0.4, 0.5) is 5.69 Å². The summed E-state index contributed by atoms with van der Waals surface area (Å²) >= 11 is 5.90. The van der Waals surface area contributed by atoms with Crippen LogP contribution in [0.5, 0.6) is 5.75 Å². The number of halogens is 1. The number of benzene rings is 1. The van der Waals surface area contributed by atoms with Crippen molar-refractivity contribution in [2.45, 2.75) is 31.5 Å². The number of hydrogen-bond donors (Lipinski definition) is 1. The van der Waals surface area contributed by atoms with Gasteiger partial charge in [-0.2, -0.15) is 0 Å². The fourth-order valence-corrected chi connectivity index (χ4v) is 2.07. The van der Waals surface area contributed by atoms with Crippen LogP contribution in [0.3, 0.4) is 0 Å². The van der Waals surface area contributed by atoms with E-state index >= 15 is 0 Å². The highest BCUT2D eigenvalue weighted by atomic mass is 35.5. The van der Waals surface area contributed by atoms with E-state index in [0.717, 1.165) is 12.8 Å². The van der Waals surface area contributed by atoms with Crippen molar-refractivity contribution in [3.8, 4) is 5.75 Å². The number of aliphatic hydroxyl groups is 1. The van der Waals surface area contributed by atoms with E-state index in [1.807, 2.05) is 0 Å². The third-order valence-corrected chi connectivity index (χ3v) is 3.13. The van der Waals surface area contributed by atoms with Crippen LogP contribution in [0.2, 0.25) is 5.02 Å². The Kier molecular flexibility index (Phi) is 3.49. The molecule has 1 fully saturated rings. The molecule has 1 aromatic rings. The summed E-state index contributed by atoms with van der Waals surface area (Å²) in [5.74, 6) is 0.256. The molecule has 2 rings (SSSR count). The molecule has 0 saturated heterocycles. The minimum atomic E-state index is -0.523. The summed E-state index contributed by atoms with van der Waals surface area (Å²) < 4.78 is 5.52. The molecule has 1 aliphatic rings. The molecule has 2 atom stereocenters. The van der Waals surface area contributed by atoms with Crippen LogP contribution in [0, 0.1) is 10.1 Å². The molecular formula is C11H12ClNO4. The van der Waals surface area contributed by atoms with Crippen LogP contribution in [0.25, 0.3) is 0 Å². The summed E-state index contributed by atoms with van der Waals surface area (Å²) in [5.41, 5.74) is -0.0723. The Morgan fingerprint density at radius 1 is 1.47 bits per heavy atom. The number of ether oxygens (including phenoxy) is 1. The lowest BCUT2D eigenvalue weighted by Crippen LogP contribution is -2.25. The maximum Gasteiger partial charge on any atom is 0.273 e. The van der Waals surface area contributed by atoms with Crippen molar-refractivity contribution < 1.29 is 14.8 Å². The predicted molar refractivity (Wildman–Crippen MR) is 62.4 cm³/mol. The molecule has 1 N–H and O–H groups in total. The van der Waals surface area contributed by atoms with Gasteiger partial charge in [0.25, 0.3) is 5.69 Å². The summed E-state index contributed by atoms with van der Waals surface area (Å²) in [6.07, 6.45) is 1.47. The van der Waals surface area contributed by atoms with E-state index in [2.05, 4.69) is 0 Å². The predicted octanol–water partition coefficient (Wildman–Crippen LogP) is 2.54. The zero-order valence-corrected chi connectivity index (χ0v) is 9.76. The van der Waals surface area contributed by atoms with Crippen LogP contribution in [-0.2, 0) is 0 Å². The smallest absolute Gasteiger partial charge is 0.273 e. The summed E-state index contributed by atoms with van der Waals surface area (Å²) in [5, 5.41) is 20.6. The first kappa shape index (κ1) is 12.1. The minimum Gasteiger partial charge on any atom is -0.486 e. The largest absolute Gasteiger partial charge is 0.486 e. The maximum atomic E-state index is 10.6. The first-order chi connectivity index (χ1) is 8.08. The van der Waals surface area contributed by atoms with Crippen molar-refractivity contribution >= 4 is 17.3 Å². The zero-order valence-electron chi connectivity index (χ0n) is 9.01. The summed E-state index contributed by atoms with van der Waals surface area (Å²) in [7, 11) is 0. The highest BCUT2D eigenvalue weighted by molar-refractivity contribution is 6.32. The van der Waals surface area contributed by atoms with Crippen molar-refractivity contribution in [2.24, 2.45) is 0 Å². The zero-order chi connectivity index (χ0) is 12.4. The number of nitro benzene ring substituents is 1. The number of rotatable bonds is 3. The second kappa shape index (κ2) is 4.89. The van der Waals surface area contributed by atoms with Gasteiger partial charge in [0.1, 0.15) is 11.9 Å². The Morgan fingerprint density at radius 2 is 2.24 bits per heavy atom. The molecule has 92 valence electrons. The van der Waals surface area contributed by atoms with E-state index in [0.29, 0.717) is 11.4 Å². The van der Waals surface area contributed by atoms with E-state index in [1.54, 1.807) is 0 Å². The monoisotopic (exact) mass is 257 g/mol. The van der Waals surface area contributed by atoms with Gasteiger partial charge >= 0.3 is 0 Å². The van der Waals surface area contributed by atoms with Gasteiger partial charge in [0.2, 0.25) is 0 Å². The fraction of sp³-hybridized carbons (Fsp3) is 0.455. The molecule has 0 aromatic heterocycles. The minimum absolute atomic E-state index is 0.0723. The van der Waals surface area contributed by atoms with Crippen molar-refractivity contribution in [1.82, 2.24) is 0 Å². The molecule has 1 saturated carbocycles. The molecule has 0 spiro atoms. The van der Waals surface area contributed by atoms with E-state index in [-0.39, 0.29) is 17.5 Å². The standard InChI is InChI=1S/C11H12ClNO4/c12-8-5-4-7(13(15)16)6-11(8)17-10-3-1-2-9(10)14/h4-6,9-10,14H,1-3H2/t9-,10-/m0/s1. The molecule has 0 unspecified atom stereocenters. The SMILES string of the molecule is O=[N+]([O-])c1ccc(Cl)c(O[C@H]2CCC[C@@H]2O)c1. The molecule has 5 nitrogen and oxygen atoms in total. The highest BCUT2D eigenvalue weighted by Crippen LogP contribution is 2.32. The van der Waals surface area contributed by atoms with Gasteiger partial charge in [-0.25, -0.2) is 0 Å². The molecule has 1 aromatic carbocycles. The first-order valence-corrected chi connectivity index (χ1v) is 5.74. The second-order valence-corrected chi connectivity index (χ2v) is 4.43. The van der Waals surface area contributed by atoms with Gasteiger partial charge in [-0.05, 0) is 25.3 Å². The van der Waals surface area contributed by atoms with E-state index in [4.69, 9.17) is 16.3 Å². The molecule has 0 bridgehead atoms. The van der Waals surface area contributed by atoms with Gasteiger partial charge in [-0.3, -0.25) is 10.1 Å². The third-order valence-electron chi connectivity index (χ3n) is 2.82. The van der Waals surface area contributed by atoms with Crippen LogP contribution in [0.1, 0.15) is 19.3 Å². The Morgan fingerprint density at radius 3 is 2.82 bits per heavy atom. The lowest BCUT2D eigenvalue weighted by Gasteiger charge is -2.17. The number of aliphatic hydroxyl groups excluding tert-OH is 1. The van der Waals surface area contributed by atoms with Crippen molar-refractivity contribution in [3.05, 3.63) is 33.3 Å². The molecule has 0 aliphatic heterocycles. The molecule has 17 heavy (non-hydrogen) atoms. The fourth-order valence-electron chi connectivity index (χ4n) is 1.90. The Bertz CT molecular complexity index is 437. The Labute approximate surface area is 103 Å². The average molecular weight is 258 g/mol. The van der Waals surface area contributed by atoms with E-state index < -0.39 is 11.0 Å². The normalized spacial score (nSPS) is 23.6. The lowest BCUT2D eigenvalue weighted by molar-refractivity contribution is -0.385. The van der Waals surface area contributed by atoms with Gasteiger partial charge in [0.15, 0.2) is 0 Å². The van der Waals surface area contributed by atoms with Gasteiger partial charge in [0, 0.05) is 6.07 Å². The molecule has 6 heteroatoms. The summed E-state index contributed by atoms with van der Waals surface area (Å²) in [6.45, 7) is 0. The van der Waals surface area contributed by atoms with Crippen LogP contribution >= 0.6 is 11.6 Å². The number of nitro groups is 1. The Hall–Kier alpha value is -1.33. The molecular weight excluding hydrogens is 246 g/mol. The molecule has 0 amide bonds. The maximum absolute atomic E-state index is 10.6. The lowest BCUT2D eigenvalue weighted by atomic mass is 10.2. The second-order valence-electron chi connectivity index (χ2n) is 4.03. The summed E-state index contributed by atoms with van der Waals surface area (Å²) in [4.78, 5) is 10.1. The van der Waals surface area contributed by atoms with Crippen LogP contribution < -0.4 is 4.74 Å².